The Labute approximate surface area is 152 Å². The lowest BCUT2D eigenvalue weighted by molar-refractivity contribution is -0.644. The van der Waals surface area contributed by atoms with Crippen molar-refractivity contribution in [2.75, 3.05) is 0 Å². The molecule has 26 heavy (non-hydrogen) atoms. The lowest BCUT2D eigenvalue weighted by Gasteiger charge is -2.07. The summed E-state index contributed by atoms with van der Waals surface area (Å²) < 4.78 is 7.62. The van der Waals surface area contributed by atoms with Gasteiger partial charge in [0.1, 0.15) is 13.0 Å². The van der Waals surface area contributed by atoms with Crippen molar-refractivity contribution < 1.29 is 14.1 Å². The Bertz CT molecular complexity index is 1000. The van der Waals surface area contributed by atoms with E-state index < -0.39 is 0 Å². The lowest BCUT2D eigenvalue weighted by atomic mass is 10.1. The average Bonchev–Trinajstić information content (AvgIpc) is 2.70. The minimum atomic E-state index is -0.182. The van der Waals surface area contributed by atoms with Crippen LogP contribution in [0, 0.1) is 0 Å². The van der Waals surface area contributed by atoms with Gasteiger partial charge in [-0.05, 0) is 23.8 Å². The first-order valence-corrected chi connectivity index (χ1v) is 8.81. The average molecular weight is 342 g/mol. The highest BCUT2D eigenvalue weighted by molar-refractivity contribution is 5.88. The molecular weight excluding hydrogens is 322 g/mol. The first-order chi connectivity index (χ1) is 12.8. The summed E-state index contributed by atoms with van der Waals surface area (Å²) in [5.74, 6) is -0.182. The molecule has 0 amide bonds. The Hall–Kier alpha value is -3.20. The van der Waals surface area contributed by atoms with Crippen molar-refractivity contribution in [3.8, 4) is 0 Å². The van der Waals surface area contributed by atoms with Crippen LogP contribution in [0.5, 0.6) is 0 Å². The van der Waals surface area contributed by atoms with Crippen molar-refractivity contribution in [3.63, 3.8) is 0 Å². The molecule has 3 nitrogen and oxygen atoms in total. The van der Waals surface area contributed by atoms with Gasteiger partial charge in [-0.2, -0.15) is 4.57 Å². The van der Waals surface area contributed by atoms with Gasteiger partial charge in [0.15, 0.2) is 6.54 Å². The highest BCUT2D eigenvalue weighted by Crippen LogP contribution is 2.18. The van der Waals surface area contributed by atoms with Gasteiger partial charge in [-0.25, -0.2) is 0 Å². The Morgan fingerprint density at radius 1 is 0.769 bits per heavy atom. The molecule has 0 radical (unpaired) electrons. The summed E-state index contributed by atoms with van der Waals surface area (Å²) in [5, 5.41) is 2.34. The van der Waals surface area contributed by atoms with Crippen LogP contribution < -0.4 is 4.57 Å². The molecule has 0 aliphatic carbocycles. The maximum absolute atomic E-state index is 12.2. The van der Waals surface area contributed by atoms with Gasteiger partial charge < -0.3 is 4.74 Å². The van der Waals surface area contributed by atoms with Crippen LogP contribution in [0.25, 0.3) is 21.8 Å². The lowest BCUT2D eigenvalue weighted by Crippen LogP contribution is -2.36. The number of rotatable bonds is 5. The molecule has 3 heteroatoms. The van der Waals surface area contributed by atoms with Gasteiger partial charge in [0.2, 0.25) is 11.0 Å². The second kappa shape index (κ2) is 7.36. The fraction of sp³-hybridized carbons (Fsp3) is 0.130. The Morgan fingerprint density at radius 3 is 2.00 bits per heavy atom. The van der Waals surface area contributed by atoms with Crippen LogP contribution in [-0.2, 0) is 22.7 Å². The van der Waals surface area contributed by atoms with E-state index in [1.807, 2.05) is 54.6 Å². The molecule has 1 heterocycles. The second-order valence-corrected chi connectivity index (χ2v) is 6.31. The van der Waals surface area contributed by atoms with Crippen molar-refractivity contribution in [1.29, 1.82) is 0 Å². The maximum Gasteiger partial charge on any atom is 0.312 e. The summed E-state index contributed by atoms with van der Waals surface area (Å²) in [6, 6.07) is 28.5. The number of nitrogens with zero attached hydrogens (tertiary/aromatic N) is 1. The molecule has 128 valence electrons. The van der Waals surface area contributed by atoms with Gasteiger partial charge in [-0.3, -0.25) is 4.79 Å². The number of fused-ring (bicyclic) bond motifs is 2. The van der Waals surface area contributed by atoms with E-state index in [0.29, 0.717) is 19.6 Å². The number of carbonyl (C=O) groups is 1. The molecule has 0 saturated carbocycles. The van der Waals surface area contributed by atoms with Crippen LogP contribution in [-0.4, -0.2) is 5.97 Å². The molecule has 0 fully saturated rings. The second-order valence-electron chi connectivity index (χ2n) is 6.31. The van der Waals surface area contributed by atoms with Crippen LogP contribution in [0.1, 0.15) is 12.0 Å². The maximum atomic E-state index is 12.2. The predicted molar refractivity (Wildman–Crippen MR) is 103 cm³/mol. The summed E-state index contributed by atoms with van der Waals surface area (Å²) in [4.78, 5) is 12.2. The van der Waals surface area contributed by atoms with Crippen LogP contribution in [0.3, 0.4) is 0 Å². The fourth-order valence-electron chi connectivity index (χ4n) is 3.26. The van der Waals surface area contributed by atoms with E-state index in [9.17, 15) is 4.79 Å². The summed E-state index contributed by atoms with van der Waals surface area (Å²) in [5.41, 5.74) is 3.26. The van der Waals surface area contributed by atoms with E-state index >= 15 is 0 Å². The highest BCUT2D eigenvalue weighted by Gasteiger charge is 2.16. The van der Waals surface area contributed by atoms with Crippen molar-refractivity contribution in [1.82, 2.24) is 0 Å². The molecule has 0 saturated heterocycles. The SMILES string of the molecule is O=C(CC[n+]1c2ccccc2cc2ccccc21)OCc1ccccc1. The van der Waals surface area contributed by atoms with E-state index in [1.54, 1.807) is 0 Å². The monoisotopic (exact) mass is 342 g/mol. The zero-order valence-electron chi connectivity index (χ0n) is 14.5. The number of ether oxygens (including phenoxy) is 1. The third kappa shape index (κ3) is 3.42. The van der Waals surface area contributed by atoms with Crippen LogP contribution in [0.15, 0.2) is 84.9 Å². The molecule has 0 aliphatic heterocycles. The number of hydrogen-bond donors (Lipinski definition) is 0. The number of para-hydroxylation sites is 2. The van der Waals surface area contributed by atoms with Crippen molar-refractivity contribution in [2.24, 2.45) is 0 Å². The number of carbonyl (C=O) groups excluding carboxylic acids is 1. The van der Waals surface area contributed by atoms with Gasteiger partial charge in [0, 0.05) is 22.9 Å². The Morgan fingerprint density at radius 2 is 1.35 bits per heavy atom. The first-order valence-electron chi connectivity index (χ1n) is 8.81. The van der Waals surface area contributed by atoms with Gasteiger partial charge in [0.25, 0.3) is 0 Å². The summed E-state index contributed by atoms with van der Waals surface area (Å²) in [6.45, 7) is 0.913. The van der Waals surface area contributed by atoms with Gasteiger partial charge in [-0.15, -0.1) is 0 Å². The number of aryl methyl sites for hydroxylation is 1. The molecule has 0 aliphatic rings. The third-order valence-electron chi connectivity index (χ3n) is 4.55. The Balaban J connectivity index is 1.55. The first kappa shape index (κ1) is 16.3. The number of hydrogen-bond acceptors (Lipinski definition) is 2. The van der Waals surface area contributed by atoms with E-state index in [1.165, 1.54) is 10.8 Å². The minimum absolute atomic E-state index is 0.182. The molecule has 4 aromatic rings. The van der Waals surface area contributed by atoms with E-state index in [-0.39, 0.29) is 5.97 Å². The minimum Gasteiger partial charge on any atom is -0.461 e. The molecule has 0 atom stereocenters. The number of benzene rings is 3. The summed E-state index contributed by atoms with van der Waals surface area (Å²) >= 11 is 0. The zero-order valence-corrected chi connectivity index (χ0v) is 14.5. The number of pyridine rings is 1. The largest absolute Gasteiger partial charge is 0.461 e. The fourth-order valence-corrected chi connectivity index (χ4v) is 3.26. The molecule has 3 aromatic carbocycles. The number of aromatic nitrogens is 1. The van der Waals surface area contributed by atoms with E-state index in [0.717, 1.165) is 16.6 Å². The zero-order chi connectivity index (χ0) is 17.8. The molecule has 1 aromatic heterocycles. The van der Waals surface area contributed by atoms with E-state index in [2.05, 4.69) is 34.9 Å². The molecule has 0 spiro atoms. The van der Waals surface area contributed by atoms with Gasteiger partial charge in [-0.1, -0.05) is 54.6 Å². The molecule has 0 unspecified atom stereocenters. The Kier molecular flexibility index (Phi) is 4.61. The van der Waals surface area contributed by atoms with Crippen molar-refractivity contribution >= 4 is 27.8 Å². The standard InChI is InChI=1S/C23H20NO2/c25-23(26-17-18-8-2-1-3-9-18)14-15-24-21-12-6-4-10-19(21)16-20-11-5-7-13-22(20)24/h1-13,16H,14-15,17H2/q+1. The molecule has 0 bridgehead atoms. The normalized spacial score (nSPS) is 10.9. The van der Waals surface area contributed by atoms with Gasteiger partial charge >= 0.3 is 5.97 Å². The van der Waals surface area contributed by atoms with E-state index in [4.69, 9.17) is 4.74 Å². The quantitative estimate of drug-likeness (QED) is 0.305. The van der Waals surface area contributed by atoms with Crippen LogP contribution in [0.2, 0.25) is 0 Å². The smallest absolute Gasteiger partial charge is 0.312 e. The van der Waals surface area contributed by atoms with Crippen LogP contribution >= 0.6 is 0 Å². The highest BCUT2D eigenvalue weighted by atomic mass is 16.5. The van der Waals surface area contributed by atoms with Crippen molar-refractivity contribution in [2.45, 2.75) is 19.6 Å². The van der Waals surface area contributed by atoms with Crippen LogP contribution in [0.4, 0.5) is 0 Å². The molecular formula is C23H20NO2+. The summed E-state index contributed by atoms with van der Waals surface area (Å²) in [7, 11) is 0. The molecule has 4 rings (SSSR count). The van der Waals surface area contributed by atoms with Gasteiger partial charge in [0.05, 0.1) is 0 Å². The predicted octanol–water partition coefficient (Wildman–Crippen LogP) is 4.41. The third-order valence-corrected chi connectivity index (χ3v) is 4.55. The molecule has 0 N–H and O–H groups in total. The topological polar surface area (TPSA) is 30.2 Å². The number of esters is 1. The summed E-state index contributed by atoms with van der Waals surface area (Å²) in [6.07, 6.45) is 0.343. The van der Waals surface area contributed by atoms with Crippen molar-refractivity contribution in [3.05, 3.63) is 90.5 Å².